The Balaban J connectivity index is 2.45. The summed E-state index contributed by atoms with van der Waals surface area (Å²) in [5.74, 6) is -0.361. The number of nitrogens with two attached hydrogens (primary N) is 1. The summed E-state index contributed by atoms with van der Waals surface area (Å²) >= 11 is 0. The largest absolute Gasteiger partial charge is 0.411 e. The number of benzene rings is 1. The summed E-state index contributed by atoms with van der Waals surface area (Å²) in [5, 5.41) is 2.63. The molecular weight excluding hydrogens is 301 g/mol. The van der Waals surface area contributed by atoms with Crippen LogP contribution >= 0.6 is 0 Å². The molecule has 0 saturated carbocycles. The zero-order valence-electron chi connectivity index (χ0n) is 12.2. The number of carbonyl (C=O) groups excluding carboxylic acids is 1. The highest BCUT2D eigenvalue weighted by Crippen LogP contribution is 2.16. The van der Waals surface area contributed by atoms with E-state index in [2.05, 4.69) is 10.1 Å². The second-order valence-electron chi connectivity index (χ2n) is 4.71. The van der Waals surface area contributed by atoms with Gasteiger partial charge in [0, 0.05) is 13.7 Å². The third-order valence-corrected chi connectivity index (χ3v) is 2.68. The van der Waals surface area contributed by atoms with Crippen molar-refractivity contribution >= 4 is 5.91 Å². The minimum absolute atomic E-state index is 0.108. The molecule has 0 aliphatic rings. The lowest BCUT2D eigenvalue weighted by Crippen LogP contribution is -2.43. The number of carbonyl (C=O) groups is 1. The molecule has 0 spiro atoms. The fraction of sp³-hybridized carbons (Fsp3) is 0.500. The molecule has 22 heavy (non-hydrogen) atoms. The van der Waals surface area contributed by atoms with Crippen molar-refractivity contribution in [2.24, 2.45) is 5.73 Å². The molecule has 1 aromatic rings. The van der Waals surface area contributed by atoms with Crippen molar-refractivity contribution in [2.45, 2.75) is 25.4 Å². The maximum atomic E-state index is 12.0. The standard InChI is InChI=1S/C14H19F3N2O3/c1-21-8-12(18)13(20)19-6-10-3-2-4-11(5-10)7-22-9-14(15,16)17/h2-5,12H,6-9,18H2,1H3,(H,19,20). The Kier molecular flexibility index (Phi) is 7.30. The van der Waals surface area contributed by atoms with Gasteiger partial charge >= 0.3 is 6.18 Å². The van der Waals surface area contributed by atoms with E-state index in [0.717, 1.165) is 5.56 Å². The number of ether oxygens (including phenoxy) is 2. The lowest BCUT2D eigenvalue weighted by Gasteiger charge is -2.12. The number of hydrogen-bond acceptors (Lipinski definition) is 4. The first-order valence-electron chi connectivity index (χ1n) is 6.56. The van der Waals surface area contributed by atoms with Crippen molar-refractivity contribution in [3.63, 3.8) is 0 Å². The highest BCUT2D eigenvalue weighted by atomic mass is 19.4. The van der Waals surface area contributed by atoms with Gasteiger partial charge in [-0.1, -0.05) is 24.3 Å². The zero-order chi connectivity index (χ0) is 16.6. The number of methoxy groups -OCH3 is 1. The van der Waals surface area contributed by atoms with E-state index in [-0.39, 0.29) is 25.7 Å². The summed E-state index contributed by atoms with van der Waals surface area (Å²) in [4.78, 5) is 11.6. The van der Waals surface area contributed by atoms with Crippen molar-refractivity contribution in [1.82, 2.24) is 5.32 Å². The van der Waals surface area contributed by atoms with Gasteiger partial charge in [0.1, 0.15) is 12.6 Å². The Morgan fingerprint density at radius 3 is 2.68 bits per heavy atom. The van der Waals surface area contributed by atoms with Crippen molar-refractivity contribution in [2.75, 3.05) is 20.3 Å². The molecular formula is C14H19F3N2O3. The molecule has 1 amide bonds. The van der Waals surface area contributed by atoms with Gasteiger partial charge in [-0.2, -0.15) is 13.2 Å². The molecule has 0 saturated heterocycles. The quantitative estimate of drug-likeness (QED) is 0.758. The molecule has 0 heterocycles. The van der Waals surface area contributed by atoms with E-state index >= 15 is 0 Å². The molecule has 1 unspecified atom stereocenters. The third-order valence-electron chi connectivity index (χ3n) is 2.68. The fourth-order valence-corrected chi connectivity index (χ4v) is 1.69. The summed E-state index contributed by atoms with van der Waals surface area (Å²) in [7, 11) is 1.44. The first-order chi connectivity index (χ1) is 10.3. The highest BCUT2D eigenvalue weighted by Gasteiger charge is 2.27. The van der Waals surface area contributed by atoms with E-state index in [1.54, 1.807) is 24.3 Å². The van der Waals surface area contributed by atoms with Crippen molar-refractivity contribution < 1.29 is 27.4 Å². The Bertz CT molecular complexity index is 481. The van der Waals surface area contributed by atoms with Crippen molar-refractivity contribution in [3.8, 4) is 0 Å². The number of hydrogen-bond donors (Lipinski definition) is 2. The maximum absolute atomic E-state index is 12.0. The SMILES string of the molecule is COCC(N)C(=O)NCc1cccc(COCC(F)(F)F)c1. The Labute approximate surface area is 126 Å². The predicted octanol–water partition coefficient (Wildman–Crippen LogP) is 1.36. The minimum Gasteiger partial charge on any atom is -0.383 e. The number of halogens is 3. The topological polar surface area (TPSA) is 73.6 Å². The van der Waals surface area contributed by atoms with Crippen LogP contribution in [0.5, 0.6) is 0 Å². The van der Waals surface area contributed by atoms with Gasteiger partial charge in [0.2, 0.25) is 5.91 Å². The smallest absolute Gasteiger partial charge is 0.383 e. The Hall–Kier alpha value is -1.64. The first kappa shape index (κ1) is 18.4. The fourth-order valence-electron chi connectivity index (χ4n) is 1.69. The lowest BCUT2D eigenvalue weighted by atomic mass is 10.1. The van der Waals surface area contributed by atoms with E-state index in [1.165, 1.54) is 7.11 Å². The van der Waals surface area contributed by atoms with E-state index in [1.807, 2.05) is 0 Å². The van der Waals surface area contributed by atoms with Gasteiger partial charge in [0.25, 0.3) is 0 Å². The molecule has 1 atom stereocenters. The van der Waals surface area contributed by atoms with E-state index in [9.17, 15) is 18.0 Å². The number of alkyl halides is 3. The molecule has 0 fully saturated rings. The van der Waals surface area contributed by atoms with Crippen LogP contribution < -0.4 is 11.1 Å². The number of nitrogens with one attached hydrogen (secondary N) is 1. The summed E-state index contributed by atoms with van der Waals surface area (Å²) in [5.41, 5.74) is 6.90. The Morgan fingerprint density at radius 1 is 1.36 bits per heavy atom. The average molecular weight is 320 g/mol. The summed E-state index contributed by atoms with van der Waals surface area (Å²) in [6, 6.07) is 5.98. The molecule has 1 aromatic carbocycles. The van der Waals surface area contributed by atoms with E-state index in [0.29, 0.717) is 5.56 Å². The molecule has 124 valence electrons. The maximum Gasteiger partial charge on any atom is 0.411 e. The van der Waals surface area contributed by atoms with Crippen LogP contribution in [0.1, 0.15) is 11.1 Å². The van der Waals surface area contributed by atoms with Crippen LogP contribution in [0.4, 0.5) is 13.2 Å². The molecule has 0 aliphatic heterocycles. The summed E-state index contributed by atoms with van der Waals surface area (Å²) in [6.07, 6.45) is -4.34. The molecule has 0 bridgehead atoms. The van der Waals surface area contributed by atoms with Gasteiger partial charge in [-0.05, 0) is 11.1 Å². The van der Waals surface area contributed by atoms with Crippen LogP contribution in [0, 0.1) is 0 Å². The minimum atomic E-state index is -4.34. The second-order valence-corrected chi connectivity index (χ2v) is 4.71. The van der Waals surface area contributed by atoms with Crippen molar-refractivity contribution in [1.29, 1.82) is 0 Å². The van der Waals surface area contributed by atoms with Gasteiger partial charge in [0.05, 0.1) is 13.2 Å². The van der Waals surface area contributed by atoms with Crippen LogP contribution in [0.2, 0.25) is 0 Å². The highest BCUT2D eigenvalue weighted by molar-refractivity contribution is 5.81. The van der Waals surface area contributed by atoms with Crippen LogP contribution in [0.25, 0.3) is 0 Å². The first-order valence-corrected chi connectivity index (χ1v) is 6.56. The van der Waals surface area contributed by atoms with Crippen LogP contribution in [-0.2, 0) is 27.4 Å². The molecule has 0 aliphatic carbocycles. The average Bonchev–Trinajstić information content (AvgIpc) is 2.44. The van der Waals surface area contributed by atoms with Crippen LogP contribution in [0.3, 0.4) is 0 Å². The molecule has 1 rings (SSSR count). The molecule has 0 aromatic heterocycles. The second kappa shape index (κ2) is 8.72. The van der Waals surface area contributed by atoms with Crippen LogP contribution in [-0.4, -0.2) is 38.4 Å². The zero-order valence-corrected chi connectivity index (χ0v) is 12.2. The van der Waals surface area contributed by atoms with Gasteiger partial charge in [-0.15, -0.1) is 0 Å². The summed E-state index contributed by atoms with van der Waals surface area (Å²) in [6.45, 7) is -1.11. The molecule has 8 heteroatoms. The third kappa shape index (κ3) is 7.39. The molecule has 5 nitrogen and oxygen atoms in total. The monoisotopic (exact) mass is 320 g/mol. The van der Waals surface area contributed by atoms with Crippen molar-refractivity contribution in [3.05, 3.63) is 35.4 Å². The number of amides is 1. The van der Waals surface area contributed by atoms with Gasteiger partial charge in [-0.25, -0.2) is 0 Å². The predicted molar refractivity (Wildman–Crippen MR) is 73.9 cm³/mol. The van der Waals surface area contributed by atoms with Crippen LogP contribution in [0.15, 0.2) is 24.3 Å². The Morgan fingerprint density at radius 2 is 2.05 bits per heavy atom. The lowest BCUT2D eigenvalue weighted by molar-refractivity contribution is -0.176. The normalized spacial score (nSPS) is 13.0. The van der Waals surface area contributed by atoms with E-state index in [4.69, 9.17) is 10.5 Å². The van der Waals surface area contributed by atoms with Gasteiger partial charge < -0.3 is 20.5 Å². The van der Waals surface area contributed by atoms with Gasteiger partial charge in [0.15, 0.2) is 0 Å². The van der Waals surface area contributed by atoms with E-state index < -0.39 is 18.8 Å². The summed E-state index contributed by atoms with van der Waals surface area (Å²) < 4.78 is 45.3. The van der Waals surface area contributed by atoms with Gasteiger partial charge in [-0.3, -0.25) is 4.79 Å². The molecule has 3 N–H and O–H groups in total. The number of rotatable bonds is 8. The molecule has 0 radical (unpaired) electrons.